The Morgan fingerprint density at radius 2 is 1.62 bits per heavy atom. The minimum atomic E-state index is -1.74. The molecule has 0 heterocycles. The van der Waals surface area contributed by atoms with Gasteiger partial charge in [-0.25, -0.2) is 0 Å². The molecule has 0 bridgehead atoms. The fourth-order valence-corrected chi connectivity index (χ4v) is 2.52. The number of carbonyl (C=O) groups is 1. The minimum Gasteiger partial charge on any atom is -0.288 e. The zero-order chi connectivity index (χ0) is 10.4. The van der Waals surface area contributed by atoms with Gasteiger partial charge in [-0.2, -0.15) is 0 Å². The number of hydrogen-bond acceptors (Lipinski definition) is 1. The van der Waals surface area contributed by atoms with Crippen LogP contribution in [-0.2, 0) is 4.79 Å². The van der Waals surface area contributed by atoms with Gasteiger partial charge in [0.25, 0.3) is 0 Å². The summed E-state index contributed by atoms with van der Waals surface area (Å²) in [5.74, 6) is -0.656. The van der Waals surface area contributed by atoms with Crippen LogP contribution in [0.1, 0.15) is 0 Å². The van der Waals surface area contributed by atoms with Gasteiger partial charge in [0.2, 0.25) is 5.78 Å². The fourth-order valence-electron chi connectivity index (χ4n) is 0.804. The molecule has 0 atom stereocenters. The van der Waals surface area contributed by atoms with Crippen molar-refractivity contribution in [2.45, 2.75) is 4.33 Å². The Morgan fingerprint density at radius 1 is 1.15 bits per heavy atom. The summed E-state index contributed by atoms with van der Waals surface area (Å²) in [6, 6.07) is 0. The lowest BCUT2D eigenvalue weighted by Crippen LogP contribution is -2.15. The average molecular weight is 301 g/mol. The summed E-state index contributed by atoms with van der Waals surface area (Å²) in [7, 11) is 0. The third-order valence-electron chi connectivity index (χ3n) is 1.40. The molecule has 72 valence electrons. The van der Waals surface area contributed by atoms with E-state index in [2.05, 4.69) is 0 Å². The number of hydrogen-bond donors (Lipinski definition) is 0. The van der Waals surface area contributed by atoms with Gasteiger partial charge in [0.1, 0.15) is 9.52 Å². The molecule has 1 aliphatic rings. The molecule has 0 aromatic heterocycles. The van der Waals surface area contributed by atoms with Gasteiger partial charge in [0, 0.05) is 0 Å². The van der Waals surface area contributed by atoms with Gasteiger partial charge in [0.15, 0.2) is 4.33 Å². The average Bonchev–Trinajstić information content (AvgIpc) is 2.12. The van der Waals surface area contributed by atoms with Crippen molar-refractivity contribution in [3.8, 4) is 0 Å². The van der Waals surface area contributed by atoms with E-state index in [-0.39, 0.29) is 20.1 Å². The quantitative estimate of drug-likeness (QED) is 0.486. The SMILES string of the molecule is O=C1C(Cl)=C(Cl)C(Cl)(Cl)C1=C(Cl)Cl. The second-order valence-corrected chi connectivity index (χ2v) is 5.20. The molecule has 1 aliphatic carbocycles. The van der Waals surface area contributed by atoms with Gasteiger partial charge < -0.3 is 0 Å². The van der Waals surface area contributed by atoms with Crippen molar-refractivity contribution in [2.75, 3.05) is 0 Å². The molecule has 0 radical (unpaired) electrons. The number of allylic oxidation sites excluding steroid dienone is 3. The predicted octanol–water partition coefficient (Wildman–Crippen LogP) is 4.12. The van der Waals surface area contributed by atoms with Gasteiger partial charge >= 0.3 is 0 Å². The van der Waals surface area contributed by atoms with Crippen LogP contribution in [0.5, 0.6) is 0 Å². The van der Waals surface area contributed by atoms with E-state index < -0.39 is 10.1 Å². The summed E-state index contributed by atoms with van der Waals surface area (Å²) < 4.78 is -2.09. The molecule has 0 saturated heterocycles. The summed E-state index contributed by atoms with van der Waals surface area (Å²) in [4.78, 5) is 11.3. The maximum atomic E-state index is 11.3. The maximum Gasteiger partial charge on any atom is 0.207 e. The zero-order valence-electron chi connectivity index (χ0n) is 5.68. The Kier molecular flexibility index (Phi) is 3.50. The molecule has 1 rings (SSSR count). The molecular formula is C6Cl6O. The number of carbonyl (C=O) groups excluding carboxylic acids is 1. The molecule has 0 spiro atoms. The van der Waals surface area contributed by atoms with Crippen LogP contribution in [0.3, 0.4) is 0 Å². The fraction of sp³-hybridized carbons (Fsp3) is 0.167. The van der Waals surface area contributed by atoms with Gasteiger partial charge in [-0.15, -0.1) is 0 Å². The van der Waals surface area contributed by atoms with Crippen LogP contribution >= 0.6 is 69.6 Å². The maximum absolute atomic E-state index is 11.3. The summed E-state index contributed by atoms with van der Waals surface area (Å²) in [5.41, 5.74) is -0.214. The first-order chi connectivity index (χ1) is 5.80. The smallest absolute Gasteiger partial charge is 0.207 e. The van der Waals surface area contributed by atoms with Crippen LogP contribution < -0.4 is 0 Å². The van der Waals surface area contributed by atoms with Crippen LogP contribution in [0.4, 0.5) is 0 Å². The van der Waals surface area contributed by atoms with Crippen molar-refractivity contribution in [3.63, 3.8) is 0 Å². The monoisotopic (exact) mass is 298 g/mol. The van der Waals surface area contributed by atoms with E-state index >= 15 is 0 Å². The van der Waals surface area contributed by atoms with Gasteiger partial charge in [-0.05, 0) is 0 Å². The van der Waals surface area contributed by atoms with Crippen LogP contribution in [-0.4, -0.2) is 10.1 Å². The first kappa shape index (κ1) is 12.0. The molecule has 0 unspecified atom stereocenters. The lowest BCUT2D eigenvalue weighted by atomic mass is 10.2. The van der Waals surface area contributed by atoms with E-state index in [1.807, 2.05) is 0 Å². The molecule has 1 nitrogen and oxygen atoms in total. The van der Waals surface area contributed by atoms with E-state index in [4.69, 9.17) is 69.6 Å². The zero-order valence-corrected chi connectivity index (χ0v) is 10.2. The molecule has 0 aliphatic heterocycles. The lowest BCUT2D eigenvalue weighted by Gasteiger charge is -2.13. The molecule has 0 saturated carbocycles. The molecule has 0 fully saturated rings. The highest BCUT2D eigenvalue weighted by Crippen LogP contribution is 2.51. The standard InChI is InChI=1S/C6Cl6O/c7-2-3(13)1(5(9)10)6(11,12)4(2)8. The molecule has 0 amide bonds. The molecule has 0 N–H and O–H groups in total. The molecular weight excluding hydrogens is 301 g/mol. The molecule has 13 heavy (non-hydrogen) atoms. The Morgan fingerprint density at radius 3 is 1.77 bits per heavy atom. The highest BCUT2D eigenvalue weighted by atomic mass is 35.5. The number of rotatable bonds is 0. The Balaban J connectivity index is 3.40. The second-order valence-electron chi connectivity index (χ2n) is 2.17. The lowest BCUT2D eigenvalue weighted by molar-refractivity contribution is -0.111. The molecule has 0 aromatic rings. The van der Waals surface area contributed by atoms with Crippen LogP contribution in [0.2, 0.25) is 0 Å². The van der Waals surface area contributed by atoms with Crippen molar-refractivity contribution in [1.82, 2.24) is 0 Å². The van der Waals surface area contributed by atoms with Gasteiger partial charge in [-0.3, -0.25) is 4.79 Å². The number of Topliss-reactive ketones (excluding diaryl/α,β-unsaturated/α-hetero) is 1. The number of ketones is 1. The van der Waals surface area contributed by atoms with E-state index in [0.29, 0.717) is 0 Å². The van der Waals surface area contributed by atoms with Crippen molar-refractivity contribution in [3.05, 3.63) is 20.1 Å². The Bertz CT molecular complexity index is 335. The van der Waals surface area contributed by atoms with E-state index in [1.54, 1.807) is 0 Å². The minimum absolute atomic E-state index is 0.184. The summed E-state index contributed by atoms with van der Waals surface area (Å²) in [5, 5.41) is -0.447. The van der Waals surface area contributed by atoms with Gasteiger partial charge in [-0.1, -0.05) is 69.6 Å². The highest BCUT2D eigenvalue weighted by molar-refractivity contribution is 6.70. The Labute approximate surface area is 104 Å². The first-order valence-corrected chi connectivity index (χ1v) is 5.11. The Hall–Kier alpha value is 0.890. The van der Waals surface area contributed by atoms with Crippen LogP contribution in [0.15, 0.2) is 20.1 Å². The largest absolute Gasteiger partial charge is 0.288 e. The normalized spacial score (nSPS) is 21.4. The van der Waals surface area contributed by atoms with E-state index in [9.17, 15) is 4.79 Å². The van der Waals surface area contributed by atoms with E-state index in [1.165, 1.54) is 0 Å². The molecule has 7 heteroatoms. The first-order valence-electron chi connectivity index (χ1n) is 2.84. The predicted molar refractivity (Wildman–Crippen MR) is 56.9 cm³/mol. The van der Waals surface area contributed by atoms with Crippen molar-refractivity contribution in [2.24, 2.45) is 0 Å². The second kappa shape index (κ2) is 3.80. The summed E-state index contributed by atoms with van der Waals surface area (Å²) >= 11 is 33.3. The van der Waals surface area contributed by atoms with E-state index in [0.717, 1.165) is 0 Å². The van der Waals surface area contributed by atoms with Crippen LogP contribution in [0.25, 0.3) is 0 Å². The van der Waals surface area contributed by atoms with Crippen LogP contribution in [0, 0.1) is 0 Å². The van der Waals surface area contributed by atoms with Crippen molar-refractivity contribution in [1.29, 1.82) is 0 Å². The molecule has 0 aromatic carbocycles. The van der Waals surface area contributed by atoms with Crippen molar-refractivity contribution >= 4 is 75.4 Å². The third kappa shape index (κ3) is 1.83. The van der Waals surface area contributed by atoms with Gasteiger partial charge in [0.05, 0.1) is 10.6 Å². The summed E-state index contributed by atoms with van der Waals surface area (Å²) in [6.07, 6.45) is 0. The third-order valence-corrected chi connectivity index (χ3v) is 3.65. The topological polar surface area (TPSA) is 17.1 Å². The number of alkyl halides is 2. The number of halogens is 6. The summed E-state index contributed by atoms with van der Waals surface area (Å²) in [6.45, 7) is 0. The highest BCUT2D eigenvalue weighted by Gasteiger charge is 2.48. The van der Waals surface area contributed by atoms with Crippen molar-refractivity contribution < 1.29 is 4.79 Å².